The van der Waals surface area contributed by atoms with Crippen molar-refractivity contribution in [2.45, 2.75) is 45.1 Å². The molecule has 0 saturated heterocycles. The molecular formula is C16H21N3O. The fourth-order valence-electron chi connectivity index (χ4n) is 2.45. The van der Waals surface area contributed by atoms with E-state index in [1.165, 1.54) is 5.56 Å². The number of aromatic nitrogens is 2. The molecule has 106 valence electrons. The molecule has 2 aromatic rings. The summed E-state index contributed by atoms with van der Waals surface area (Å²) in [6.45, 7) is 6.23. The third kappa shape index (κ3) is 2.14. The molecule has 1 atom stereocenters. The third-order valence-electron chi connectivity index (χ3n) is 4.15. The predicted octanol–water partition coefficient (Wildman–Crippen LogP) is 3.20. The summed E-state index contributed by atoms with van der Waals surface area (Å²) < 4.78 is 5.41. The van der Waals surface area contributed by atoms with Crippen LogP contribution in [0, 0.1) is 5.41 Å². The minimum atomic E-state index is -0.240. The largest absolute Gasteiger partial charge is 0.338 e. The summed E-state index contributed by atoms with van der Waals surface area (Å²) in [5.41, 5.74) is 7.31. The Morgan fingerprint density at radius 1 is 1.20 bits per heavy atom. The summed E-state index contributed by atoms with van der Waals surface area (Å²) in [7, 11) is 0. The zero-order valence-electron chi connectivity index (χ0n) is 12.3. The maximum Gasteiger partial charge on any atom is 0.244 e. The van der Waals surface area contributed by atoms with Crippen molar-refractivity contribution in [1.29, 1.82) is 0 Å². The van der Waals surface area contributed by atoms with Gasteiger partial charge in [0.05, 0.1) is 11.5 Å². The van der Waals surface area contributed by atoms with Crippen LogP contribution in [-0.4, -0.2) is 10.1 Å². The second-order valence-corrected chi connectivity index (χ2v) is 6.75. The van der Waals surface area contributed by atoms with E-state index in [4.69, 9.17) is 10.3 Å². The first kappa shape index (κ1) is 13.3. The second-order valence-electron chi connectivity index (χ2n) is 6.75. The van der Waals surface area contributed by atoms with Crippen LogP contribution in [0.25, 0.3) is 0 Å². The van der Waals surface area contributed by atoms with Gasteiger partial charge in [-0.1, -0.05) is 56.3 Å². The molecule has 1 heterocycles. The first-order chi connectivity index (χ1) is 9.43. The lowest BCUT2D eigenvalue weighted by molar-refractivity contribution is 0.252. The van der Waals surface area contributed by atoms with Crippen LogP contribution in [0.15, 0.2) is 34.9 Å². The maximum absolute atomic E-state index is 6.19. The molecule has 0 bridgehead atoms. The monoisotopic (exact) mass is 271 g/mol. The van der Waals surface area contributed by atoms with Crippen molar-refractivity contribution in [3.05, 3.63) is 47.6 Å². The Labute approximate surface area is 119 Å². The summed E-state index contributed by atoms with van der Waals surface area (Å²) in [4.78, 5) is 4.58. The minimum absolute atomic E-state index is 0.0549. The van der Waals surface area contributed by atoms with Crippen molar-refractivity contribution in [2.24, 2.45) is 11.1 Å². The second kappa shape index (κ2) is 4.42. The Morgan fingerprint density at radius 3 is 2.40 bits per heavy atom. The molecular weight excluding hydrogens is 250 g/mol. The zero-order chi connectivity index (χ0) is 14.4. The van der Waals surface area contributed by atoms with Crippen molar-refractivity contribution < 1.29 is 4.52 Å². The van der Waals surface area contributed by atoms with E-state index in [9.17, 15) is 0 Å². The molecule has 2 N–H and O–H groups in total. The van der Waals surface area contributed by atoms with Crippen LogP contribution in [0.3, 0.4) is 0 Å². The van der Waals surface area contributed by atoms with E-state index in [1.807, 2.05) is 6.07 Å². The quantitative estimate of drug-likeness (QED) is 0.931. The van der Waals surface area contributed by atoms with Crippen molar-refractivity contribution in [3.8, 4) is 0 Å². The van der Waals surface area contributed by atoms with E-state index in [0.717, 1.165) is 18.7 Å². The Kier molecular flexibility index (Phi) is 2.94. The van der Waals surface area contributed by atoms with E-state index in [-0.39, 0.29) is 16.9 Å². The molecule has 4 heteroatoms. The number of rotatable bonds is 3. The molecule has 1 fully saturated rings. The van der Waals surface area contributed by atoms with E-state index in [0.29, 0.717) is 5.89 Å². The molecule has 3 rings (SSSR count). The molecule has 0 unspecified atom stereocenters. The fourth-order valence-corrected chi connectivity index (χ4v) is 2.45. The number of hydrogen-bond donors (Lipinski definition) is 1. The molecule has 1 aliphatic carbocycles. The van der Waals surface area contributed by atoms with Gasteiger partial charge in [-0.3, -0.25) is 0 Å². The van der Waals surface area contributed by atoms with E-state index >= 15 is 0 Å². The molecule has 1 saturated carbocycles. The highest BCUT2D eigenvalue weighted by Crippen LogP contribution is 2.52. The van der Waals surface area contributed by atoms with Gasteiger partial charge in [-0.25, -0.2) is 0 Å². The van der Waals surface area contributed by atoms with Crippen molar-refractivity contribution in [2.75, 3.05) is 0 Å². The van der Waals surface area contributed by atoms with E-state index in [2.05, 4.69) is 55.2 Å². The molecule has 0 spiro atoms. The summed E-state index contributed by atoms with van der Waals surface area (Å²) in [6.07, 6.45) is 2.14. The van der Waals surface area contributed by atoms with Gasteiger partial charge in [0, 0.05) is 0 Å². The first-order valence-corrected chi connectivity index (χ1v) is 7.09. The van der Waals surface area contributed by atoms with Crippen LogP contribution in [0.5, 0.6) is 0 Å². The summed E-state index contributed by atoms with van der Waals surface area (Å²) in [5.74, 6) is 1.31. The van der Waals surface area contributed by atoms with Crippen LogP contribution >= 0.6 is 0 Å². The molecule has 0 aliphatic heterocycles. The number of hydrogen-bond acceptors (Lipinski definition) is 4. The maximum atomic E-state index is 6.19. The fraction of sp³-hybridized carbons (Fsp3) is 0.500. The Bertz CT molecular complexity index is 594. The Hall–Kier alpha value is -1.68. The highest BCUT2D eigenvalue weighted by atomic mass is 16.5. The lowest BCUT2D eigenvalue weighted by Crippen LogP contribution is -2.26. The number of nitrogens with zero attached hydrogens (tertiary/aromatic N) is 2. The lowest BCUT2D eigenvalue weighted by Gasteiger charge is -2.23. The van der Waals surface area contributed by atoms with Crippen molar-refractivity contribution in [3.63, 3.8) is 0 Å². The van der Waals surface area contributed by atoms with Crippen LogP contribution in [0.4, 0.5) is 0 Å². The average molecular weight is 271 g/mol. The smallest absolute Gasteiger partial charge is 0.244 e. The summed E-state index contributed by atoms with van der Waals surface area (Å²) in [5, 5.41) is 4.20. The van der Waals surface area contributed by atoms with Gasteiger partial charge < -0.3 is 10.3 Å². The SMILES string of the molecule is CC(C)(C)[C@@H](N)c1nc(C2(c3ccccc3)CC2)no1. The highest BCUT2D eigenvalue weighted by Gasteiger charge is 2.50. The van der Waals surface area contributed by atoms with Gasteiger partial charge in [-0.05, 0) is 23.8 Å². The molecule has 1 aromatic carbocycles. The summed E-state index contributed by atoms with van der Waals surface area (Å²) in [6, 6.07) is 10.2. The molecule has 1 aliphatic rings. The standard InChI is InChI=1S/C16H21N3O/c1-15(2,3)12(17)13-18-14(19-20-13)16(9-10-16)11-7-5-4-6-8-11/h4-8,12H,9-10,17H2,1-3H3/t12-/m0/s1. The van der Waals surface area contributed by atoms with Gasteiger partial charge in [0.15, 0.2) is 5.82 Å². The van der Waals surface area contributed by atoms with Gasteiger partial charge in [0.2, 0.25) is 5.89 Å². The van der Waals surface area contributed by atoms with Crippen LogP contribution in [0.1, 0.15) is 56.9 Å². The van der Waals surface area contributed by atoms with Crippen LogP contribution in [-0.2, 0) is 5.41 Å². The average Bonchev–Trinajstić information content (AvgIpc) is 3.09. The molecule has 4 nitrogen and oxygen atoms in total. The Balaban J connectivity index is 1.92. The highest BCUT2D eigenvalue weighted by molar-refractivity contribution is 5.38. The summed E-state index contributed by atoms with van der Waals surface area (Å²) >= 11 is 0. The molecule has 1 aromatic heterocycles. The van der Waals surface area contributed by atoms with Gasteiger partial charge >= 0.3 is 0 Å². The van der Waals surface area contributed by atoms with Gasteiger partial charge in [0.25, 0.3) is 0 Å². The molecule has 20 heavy (non-hydrogen) atoms. The zero-order valence-corrected chi connectivity index (χ0v) is 12.3. The van der Waals surface area contributed by atoms with Crippen molar-refractivity contribution >= 4 is 0 Å². The van der Waals surface area contributed by atoms with Crippen molar-refractivity contribution in [1.82, 2.24) is 10.1 Å². The van der Waals surface area contributed by atoms with Crippen LogP contribution in [0.2, 0.25) is 0 Å². The number of benzene rings is 1. The molecule has 0 radical (unpaired) electrons. The topological polar surface area (TPSA) is 64.9 Å². The minimum Gasteiger partial charge on any atom is -0.338 e. The van der Waals surface area contributed by atoms with Gasteiger partial charge in [-0.2, -0.15) is 4.98 Å². The third-order valence-corrected chi connectivity index (χ3v) is 4.15. The van der Waals surface area contributed by atoms with Crippen LogP contribution < -0.4 is 5.73 Å². The number of nitrogens with two attached hydrogens (primary N) is 1. The van der Waals surface area contributed by atoms with E-state index in [1.54, 1.807) is 0 Å². The van der Waals surface area contributed by atoms with Gasteiger partial charge in [0.1, 0.15) is 0 Å². The normalized spacial score (nSPS) is 18.8. The predicted molar refractivity (Wildman–Crippen MR) is 77.1 cm³/mol. The molecule has 0 amide bonds. The lowest BCUT2D eigenvalue weighted by atomic mass is 9.87. The van der Waals surface area contributed by atoms with Gasteiger partial charge in [-0.15, -0.1) is 0 Å². The Morgan fingerprint density at radius 2 is 1.85 bits per heavy atom. The van der Waals surface area contributed by atoms with E-state index < -0.39 is 0 Å². The first-order valence-electron chi connectivity index (χ1n) is 7.09.